The Morgan fingerprint density at radius 3 is 2.56 bits per heavy atom. The number of nitrogens with two attached hydrogens (primary N) is 1. The second-order valence-corrected chi connectivity index (χ2v) is 8.32. The molecule has 0 aliphatic heterocycles. The van der Waals surface area contributed by atoms with Gasteiger partial charge in [-0.25, -0.2) is 4.98 Å². The Kier molecular flexibility index (Phi) is 7.35. The summed E-state index contributed by atoms with van der Waals surface area (Å²) in [5, 5.41) is 2.57. The Bertz CT molecular complexity index is 1200. The smallest absolute Gasteiger partial charge is 0.313 e. The molecule has 1 heterocycles. The van der Waals surface area contributed by atoms with Crippen molar-refractivity contribution in [1.29, 1.82) is 0 Å². The van der Waals surface area contributed by atoms with Gasteiger partial charge >= 0.3 is 11.8 Å². The second kappa shape index (κ2) is 10.2. The van der Waals surface area contributed by atoms with Crippen LogP contribution in [0.5, 0.6) is 11.5 Å². The van der Waals surface area contributed by atoms with Crippen LogP contribution in [0.25, 0.3) is 11.3 Å². The van der Waals surface area contributed by atoms with Gasteiger partial charge in [-0.15, -0.1) is 0 Å². The number of benzene rings is 2. The van der Waals surface area contributed by atoms with E-state index in [2.05, 4.69) is 10.3 Å². The molecule has 3 rings (SSSR count). The third-order valence-electron chi connectivity index (χ3n) is 5.44. The molecule has 9 heteroatoms. The van der Waals surface area contributed by atoms with Gasteiger partial charge in [0.1, 0.15) is 11.5 Å². The molecule has 9 nitrogen and oxygen atoms in total. The highest BCUT2D eigenvalue weighted by Crippen LogP contribution is 2.45. The van der Waals surface area contributed by atoms with E-state index in [0.717, 1.165) is 0 Å². The summed E-state index contributed by atoms with van der Waals surface area (Å²) in [5.74, 6) is -0.566. The van der Waals surface area contributed by atoms with Crippen molar-refractivity contribution in [2.24, 2.45) is 5.73 Å². The first-order valence-corrected chi connectivity index (χ1v) is 10.6. The molecule has 34 heavy (non-hydrogen) atoms. The van der Waals surface area contributed by atoms with Crippen LogP contribution in [0.3, 0.4) is 0 Å². The van der Waals surface area contributed by atoms with Gasteiger partial charge in [0.15, 0.2) is 17.9 Å². The third kappa shape index (κ3) is 5.43. The van der Waals surface area contributed by atoms with E-state index in [4.69, 9.17) is 19.6 Å². The van der Waals surface area contributed by atoms with Gasteiger partial charge in [-0.3, -0.25) is 14.4 Å². The fourth-order valence-corrected chi connectivity index (χ4v) is 3.65. The van der Waals surface area contributed by atoms with Gasteiger partial charge in [-0.2, -0.15) is 0 Å². The van der Waals surface area contributed by atoms with E-state index in [9.17, 15) is 14.4 Å². The van der Waals surface area contributed by atoms with Gasteiger partial charge < -0.3 is 24.9 Å². The monoisotopic (exact) mass is 465 g/mol. The SMILES string of the molecule is COc1c(-c2cnco2)ccc(NC(=O)C(N)=O)c1C(C)(C)CCOc1cccc(C(C)=O)c1. The molecule has 0 unspecified atom stereocenters. The maximum absolute atomic E-state index is 12.1. The highest BCUT2D eigenvalue weighted by Gasteiger charge is 2.31. The Balaban J connectivity index is 1.95. The fraction of sp³-hybridized carbons (Fsp3) is 0.280. The predicted molar refractivity (Wildman–Crippen MR) is 126 cm³/mol. The van der Waals surface area contributed by atoms with E-state index >= 15 is 0 Å². The lowest BCUT2D eigenvalue weighted by Gasteiger charge is -2.30. The van der Waals surface area contributed by atoms with Gasteiger partial charge in [-0.05, 0) is 43.0 Å². The van der Waals surface area contributed by atoms with Crippen molar-refractivity contribution >= 4 is 23.3 Å². The van der Waals surface area contributed by atoms with Gasteiger partial charge in [0.05, 0.1) is 25.5 Å². The minimum Gasteiger partial charge on any atom is -0.496 e. The number of primary amides is 1. The molecule has 0 fully saturated rings. The van der Waals surface area contributed by atoms with E-state index in [1.807, 2.05) is 13.8 Å². The number of carbonyl (C=O) groups excluding carboxylic acids is 3. The van der Waals surface area contributed by atoms with Gasteiger partial charge in [0, 0.05) is 16.8 Å². The lowest BCUT2D eigenvalue weighted by atomic mass is 9.79. The number of ether oxygens (including phenoxy) is 2. The number of anilines is 1. The molecule has 0 saturated carbocycles. The Morgan fingerprint density at radius 2 is 1.94 bits per heavy atom. The number of Topliss-reactive ketones (excluding diaryl/α,β-unsaturated/α-hetero) is 1. The first-order chi connectivity index (χ1) is 16.1. The van der Waals surface area contributed by atoms with E-state index < -0.39 is 17.2 Å². The summed E-state index contributed by atoms with van der Waals surface area (Å²) in [4.78, 5) is 39.1. The molecular weight excluding hydrogens is 438 g/mol. The van der Waals surface area contributed by atoms with Crippen molar-refractivity contribution in [3.63, 3.8) is 0 Å². The summed E-state index contributed by atoms with van der Waals surface area (Å²) in [5.41, 5.74) is 6.77. The van der Waals surface area contributed by atoms with Gasteiger partial charge in [-0.1, -0.05) is 26.0 Å². The largest absolute Gasteiger partial charge is 0.496 e. The number of aromatic nitrogens is 1. The quantitative estimate of drug-likeness (QED) is 0.363. The van der Waals surface area contributed by atoms with E-state index in [-0.39, 0.29) is 5.78 Å². The van der Waals surface area contributed by atoms with Crippen LogP contribution < -0.4 is 20.5 Å². The molecule has 178 valence electrons. The van der Waals surface area contributed by atoms with Gasteiger partial charge in [0.25, 0.3) is 0 Å². The summed E-state index contributed by atoms with van der Waals surface area (Å²) < 4.78 is 17.1. The summed E-state index contributed by atoms with van der Waals surface area (Å²) in [7, 11) is 1.51. The Hall–Kier alpha value is -4.14. The zero-order chi connectivity index (χ0) is 24.9. The van der Waals surface area contributed by atoms with Crippen molar-refractivity contribution in [1.82, 2.24) is 4.98 Å². The highest BCUT2D eigenvalue weighted by atomic mass is 16.5. The van der Waals surface area contributed by atoms with Crippen LogP contribution in [-0.2, 0) is 15.0 Å². The summed E-state index contributed by atoms with van der Waals surface area (Å²) in [6.07, 6.45) is 3.37. The molecular formula is C25H27N3O6. The number of oxazole rings is 1. The minimum atomic E-state index is -1.10. The number of hydrogen-bond acceptors (Lipinski definition) is 7. The number of amides is 2. The number of methoxy groups -OCH3 is 1. The molecule has 3 N–H and O–H groups in total. The van der Waals surface area contributed by atoms with Crippen molar-refractivity contribution in [2.75, 3.05) is 19.0 Å². The van der Waals surface area contributed by atoms with E-state index in [1.165, 1.54) is 20.4 Å². The third-order valence-corrected chi connectivity index (χ3v) is 5.44. The van der Waals surface area contributed by atoms with Crippen LogP contribution in [0, 0.1) is 0 Å². The predicted octanol–water partition coefficient (Wildman–Crippen LogP) is 3.72. The zero-order valence-corrected chi connectivity index (χ0v) is 19.5. The van der Waals surface area contributed by atoms with Crippen molar-refractivity contribution in [3.8, 4) is 22.8 Å². The summed E-state index contributed by atoms with van der Waals surface area (Å²) in [6.45, 7) is 5.74. The minimum absolute atomic E-state index is 0.0467. The first kappa shape index (κ1) is 24.5. The molecule has 0 spiro atoms. The number of ketones is 1. The van der Waals surface area contributed by atoms with Crippen LogP contribution in [0.4, 0.5) is 5.69 Å². The molecule has 0 saturated heterocycles. The molecule has 0 atom stereocenters. The average molecular weight is 466 g/mol. The Morgan fingerprint density at radius 1 is 1.18 bits per heavy atom. The normalized spacial score (nSPS) is 11.1. The molecule has 1 aromatic heterocycles. The first-order valence-electron chi connectivity index (χ1n) is 10.6. The topological polar surface area (TPSA) is 134 Å². The van der Waals surface area contributed by atoms with Crippen molar-refractivity contribution in [2.45, 2.75) is 32.6 Å². The van der Waals surface area contributed by atoms with Crippen LogP contribution in [-0.4, -0.2) is 36.3 Å². The number of nitrogens with zero attached hydrogens (tertiary/aromatic N) is 1. The number of carbonyl (C=O) groups is 3. The fourth-order valence-electron chi connectivity index (χ4n) is 3.65. The molecule has 0 aliphatic rings. The lowest BCUT2D eigenvalue weighted by molar-refractivity contribution is -0.134. The van der Waals surface area contributed by atoms with E-state index in [1.54, 1.807) is 42.6 Å². The summed E-state index contributed by atoms with van der Waals surface area (Å²) in [6, 6.07) is 10.3. The van der Waals surface area contributed by atoms with Crippen molar-refractivity contribution < 1.29 is 28.3 Å². The van der Waals surface area contributed by atoms with E-state index in [0.29, 0.717) is 52.7 Å². The lowest BCUT2D eigenvalue weighted by Crippen LogP contribution is -2.31. The molecule has 0 bridgehead atoms. The number of nitrogens with one attached hydrogen (secondary N) is 1. The second-order valence-electron chi connectivity index (χ2n) is 8.32. The molecule has 0 aliphatic carbocycles. The number of hydrogen-bond donors (Lipinski definition) is 2. The van der Waals surface area contributed by atoms with Crippen LogP contribution in [0.1, 0.15) is 43.1 Å². The average Bonchev–Trinajstić information content (AvgIpc) is 3.33. The van der Waals surface area contributed by atoms with Crippen molar-refractivity contribution in [3.05, 3.63) is 60.1 Å². The summed E-state index contributed by atoms with van der Waals surface area (Å²) >= 11 is 0. The van der Waals surface area contributed by atoms with Crippen LogP contribution in [0.2, 0.25) is 0 Å². The van der Waals surface area contributed by atoms with Gasteiger partial charge in [0.2, 0.25) is 0 Å². The molecule has 3 aromatic rings. The zero-order valence-electron chi connectivity index (χ0n) is 19.5. The van der Waals surface area contributed by atoms with Crippen LogP contribution in [0.15, 0.2) is 53.4 Å². The Labute approximate surface area is 197 Å². The molecule has 2 aromatic carbocycles. The number of rotatable bonds is 9. The standard InChI is InChI=1S/C25H27N3O6/c1-15(29)16-6-5-7-17(12-16)33-11-10-25(2,3)21-19(28-24(31)23(26)30)9-8-18(22(21)32-4)20-13-27-14-34-20/h5-9,12-14H,10-11H2,1-4H3,(H2,26,30)(H,28,31). The highest BCUT2D eigenvalue weighted by molar-refractivity contribution is 6.39. The maximum Gasteiger partial charge on any atom is 0.313 e. The maximum atomic E-state index is 12.1. The molecule has 2 amide bonds. The van der Waals surface area contributed by atoms with Crippen LogP contribution >= 0.6 is 0 Å². The molecule has 0 radical (unpaired) electrons.